The molecule has 0 N–H and O–H groups in total. The summed E-state index contributed by atoms with van der Waals surface area (Å²) in [6.45, 7) is 1.83. The van der Waals surface area contributed by atoms with E-state index in [9.17, 15) is 9.59 Å². The molecular weight excluding hydrogens is 238 g/mol. The van der Waals surface area contributed by atoms with E-state index in [0.29, 0.717) is 11.3 Å². The number of Topliss-reactive ketones (excluding diaryl/α,β-unsaturated/α-hetero) is 1. The van der Waals surface area contributed by atoms with Gasteiger partial charge in [-0.2, -0.15) is 5.26 Å². The lowest BCUT2D eigenvalue weighted by Crippen LogP contribution is -2.16. The molecule has 0 amide bonds. The van der Waals surface area contributed by atoms with Crippen LogP contribution >= 0.6 is 11.3 Å². The van der Waals surface area contributed by atoms with Crippen molar-refractivity contribution in [1.82, 2.24) is 0 Å². The van der Waals surface area contributed by atoms with Gasteiger partial charge in [-0.05, 0) is 25.1 Å². The molecule has 1 aromatic rings. The summed E-state index contributed by atoms with van der Waals surface area (Å²) in [6.07, 6.45) is 3.76. The third-order valence-electron chi connectivity index (χ3n) is 1.80. The summed E-state index contributed by atoms with van der Waals surface area (Å²) >= 11 is 1.20. The van der Waals surface area contributed by atoms with Gasteiger partial charge in [0.1, 0.15) is 0 Å². The normalized spacial score (nSPS) is 10.1. The zero-order valence-corrected chi connectivity index (χ0v) is 10.1. The van der Waals surface area contributed by atoms with Crippen molar-refractivity contribution < 1.29 is 14.3 Å². The highest BCUT2D eigenvalue weighted by atomic mass is 32.1. The molecule has 0 aliphatic heterocycles. The lowest BCUT2D eigenvalue weighted by atomic mass is 10.3. The Hall–Kier alpha value is -1.93. The highest BCUT2D eigenvalue weighted by Crippen LogP contribution is 2.19. The van der Waals surface area contributed by atoms with E-state index >= 15 is 0 Å². The van der Waals surface area contributed by atoms with Crippen LogP contribution in [0.1, 0.15) is 27.9 Å². The molecule has 0 bridgehead atoms. The second kappa shape index (κ2) is 6.61. The van der Waals surface area contributed by atoms with E-state index in [1.165, 1.54) is 11.3 Å². The molecule has 88 valence electrons. The smallest absolute Gasteiger partial charge is 0.380 e. The van der Waals surface area contributed by atoms with Crippen molar-refractivity contribution in [3.8, 4) is 6.07 Å². The van der Waals surface area contributed by atoms with E-state index in [-0.39, 0.29) is 6.61 Å². The largest absolute Gasteiger partial charge is 0.460 e. The lowest BCUT2D eigenvalue weighted by molar-refractivity contribution is -0.137. The number of carbonyl (C=O) groups is 2. The number of nitriles is 1. The first-order valence-corrected chi connectivity index (χ1v) is 5.85. The molecule has 0 radical (unpaired) electrons. The number of allylic oxidation sites excluding steroid dienone is 1. The molecule has 0 atom stereocenters. The zero-order chi connectivity index (χ0) is 12.7. The summed E-state index contributed by atoms with van der Waals surface area (Å²) in [6, 6.07) is 5.29. The summed E-state index contributed by atoms with van der Waals surface area (Å²) < 4.78 is 4.62. The van der Waals surface area contributed by atoms with Gasteiger partial charge in [-0.15, -0.1) is 11.3 Å². The van der Waals surface area contributed by atoms with Crippen LogP contribution in [0.25, 0.3) is 6.08 Å². The molecule has 0 saturated heterocycles. The number of esters is 1. The van der Waals surface area contributed by atoms with Gasteiger partial charge in [0.25, 0.3) is 5.78 Å². The van der Waals surface area contributed by atoms with Crippen molar-refractivity contribution in [2.45, 2.75) is 13.3 Å². The van der Waals surface area contributed by atoms with E-state index in [1.54, 1.807) is 31.2 Å². The second-order valence-corrected chi connectivity index (χ2v) is 4.13. The average molecular weight is 249 g/mol. The highest BCUT2D eigenvalue weighted by Gasteiger charge is 2.18. The summed E-state index contributed by atoms with van der Waals surface area (Å²) in [5.41, 5.74) is 0. The van der Waals surface area contributed by atoms with Crippen LogP contribution in [-0.4, -0.2) is 18.4 Å². The summed E-state index contributed by atoms with van der Waals surface area (Å²) in [7, 11) is 0. The molecule has 17 heavy (non-hydrogen) atoms. The minimum Gasteiger partial charge on any atom is -0.460 e. The molecular formula is C12H11NO3S. The van der Waals surface area contributed by atoms with Gasteiger partial charge < -0.3 is 4.74 Å². The van der Waals surface area contributed by atoms with Crippen molar-refractivity contribution >= 4 is 29.2 Å². The Morgan fingerprint density at radius 2 is 2.29 bits per heavy atom. The van der Waals surface area contributed by atoms with Crippen LogP contribution in [0.5, 0.6) is 0 Å². The molecule has 0 spiro atoms. The minimum atomic E-state index is -0.832. The molecule has 1 aromatic heterocycles. The number of hydrogen-bond donors (Lipinski definition) is 0. The molecule has 0 saturated carbocycles. The van der Waals surface area contributed by atoms with E-state index in [0.717, 1.165) is 4.88 Å². The topological polar surface area (TPSA) is 67.2 Å². The highest BCUT2D eigenvalue weighted by molar-refractivity contribution is 7.15. The first-order valence-electron chi connectivity index (χ1n) is 5.03. The van der Waals surface area contributed by atoms with Gasteiger partial charge in [-0.25, -0.2) is 4.79 Å². The Bertz CT molecular complexity index is 482. The monoisotopic (exact) mass is 249 g/mol. The van der Waals surface area contributed by atoms with Crippen LogP contribution in [0.15, 0.2) is 18.2 Å². The van der Waals surface area contributed by atoms with Gasteiger partial charge in [-0.3, -0.25) is 4.79 Å². The Kier molecular flexibility index (Phi) is 5.11. The quantitative estimate of drug-likeness (QED) is 0.456. The van der Waals surface area contributed by atoms with Crippen LogP contribution in [0.4, 0.5) is 0 Å². The summed E-state index contributed by atoms with van der Waals surface area (Å²) in [4.78, 5) is 23.9. The number of carbonyl (C=O) groups excluding carboxylic acids is 2. The van der Waals surface area contributed by atoms with Crippen molar-refractivity contribution in [2.75, 3.05) is 6.61 Å². The van der Waals surface area contributed by atoms with Crippen LogP contribution in [0.2, 0.25) is 0 Å². The van der Waals surface area contributed by atoms with Gasteiger partial charge >= 0.3 is 5.97 Å². The summed E-state index contributed by atoms with van der Waals surface area (Å²) in [5, 5.41) is 8.36. The first kappa shape index (κ1) is 13.1. The molecule has 0 aromatic carbocycles. The van der Waals surface area contributed by atoms with Crippen molar-refractivity contribution in [3.05, 3.63) is 28.0 Å². The summed E-state index contributed by atoms with van der Waals surface area (Å²) in [5.74, 6) is -1.46. The predicted molar refractivity (Wildman–Crippen MR) is 64.5 cm³/mol. The van der Waals surface area contributed by atoms with Crippen molar-refractivity contribution in [2.24, 2.45) is 0 Å². The maximum Gasteiger partial charge on any atom is 0.380 e. The molecule has 0 fully saturated rings. The maximum atomic E-state index is 11.5. The number of rotatable bonds is 5. The van der Waals surface area contributed by atoms with Gasteiger partial charge in [-0.1, -0.05) is 6.08 Å². The number of hydrogen-bond acceptors (Lipinski definition) is 5. The molecule has 5 heteroatoms. The van der Waals surface area contributed by atoms with Gasteiger partial charge in [0.05, 0.1) is 24.0 Å². The standard InChI is InChI=1S/C12H11NO3S/c1-2-16-12(15)11(14)10-7-6-9(17-10)5-3-4-8-13/h3,5-7H,2,4H2,1H3. The third-order valence-corrected chi connectivity index (χ3v) is 2.85. The number of nitrogens with zero attached hydrogens (tertiary/aromatic N) is 1. The molecule has 1 heterocycles. The zero-order valence-electron chi connectivity index (χ0n) is 9.30. The SMILES string of the molecule is CCOC(=O)C(=O)c1ccc(C=CCC#N)s1. The fourth-order valence-corrected chi connectivity index (χ4v) is 1.96. The molecule has 1 rings (SSSR count). The van der Waals surface area contributed by atoms with E-state index in [4.69, 9.17) is 5.26 Å². The van der Waals surface area contributed by atoms with Crippen molar-refractivity contribution in [1.29, 1.82) is 5.26 Å². The van der Waals surface area contributed by atoms with E-state index in [1.807, 2.05) is 6.07 Å². The fraction of sp³-hybridized carbons (Fsp3) is 0.250. The van der Waals surface area contributed by atoms with Gasteiger partial charge in [0, 0.05) is 4.88 Å². The molecule has 0 aliphatic carbocycles. The maximum absolute atomic E-state index is 11.5. The molecule has 4 nitrogen and oxygen atoms in total. The molecule has 0 aliphatic rings. The third kappa shape index (κ3) is 3.85. The van der Waals surface area contributed by atoms with Crippen molar-refractivity contribution in [3.63, 3.8) is 0 Å². The van der Waals surface area contributed by atoms with Crippen LogP contribution in [0.3, 0.4) is 0 Å². The van der Waals surface area contributed by atoms with Gasteiger partial charge in [0.15, 0.2) is 0 Å². The molecule has 0 unspecified atom stereocenters. The number of ether oxygens (including phenoxy) is 1. The minimum absolute atomic E-state index is 0.185. The van der Waals surface area contributed by atoms with Crippen LogP contribution in [-0.2, 0) is 9.53 Å². The predicted octanol–water partition coefficient (Wildman–Crippen LogP) is 2.42. The average Bonchev–Trinajstić information content (AvgIpc) is 2.77. The Morgan fingerprint density at radius 1 is 1.53 bits per heavy atom. The van der Waals surface area contributed by atoms with Gasteiger partial charge in [0.2, 0.25) is 0 Å². The van der Waals surface area contributed by atoms with Crippen LogP contribution in [0, 0.1) is 11.3 Å². The van der Waals surface area contributed by atoms with Crippen LogP contribution < -0.4 is 0 Å². The fourth-order valence-electron chi connectivity index (χ4n) is 1.09. The second-order valence-electron chi connectivity index (χ2n) is 3.02. The Morgan fingerprint density at radius 3 is 2.94 bits per heavy atom. The van der Waals surface area contributed by atoms with E-state index < -0.39 is 11.8 Å². The number of thiophene rings is 1. The lowest BCUT2D eigenvalue weighted by Gasteiger charge is -1.97. The van der Waals surface area contributed by atoms with E-state index in [2.05, 4.69) is 4.74 Å². The number of ketones is 1. The Labute approximate surface area is 103 Å². The first-order chi connectivity index (χ1) is 8.19. The Balaban J connectivity index is 2.71.